The maximum atomic E-state index is 11.7. The van der Waals surface area contributed by atoms with Crippen molar-refractivity contribution in [2.75, 3.05) is 7.11 Å². The molecule has 0 radical (unpaired) electrons. The van der Waals surface area contributed by atoms with Gasteiger partial charge in [-0.3, -0.25) is 10.1 Å². The maximum absolute atomic E-state index is 11.7. The van der Waals surface area contributed by atoms with E-state index in [0.717, 1.165) is 12.8 Å². The molecule has 1 aromatic heterocycles. The van der Waals surface area contributed by atoms with Crippen LogP contribution in [-0.4, -0.2) is 18.6 Å². The van der Waals surface area contributed by atoms with Gasteiger partial charge in [-0.1, -0.05) is 19.4 Å². The van der Waals surface area contributed by atoms with Gasteiger partial charge in [0, 0.05) is 11.4 Å². The third kappa shape index (κ3) is 3.32. The molecule has 0 saturated carbocycles. The first-order valence-electron chi connectivity index (χ1n) is 5.48. The molecule has 1 heterocycles. The van der Waals surface area contributed by atoms with Gasteiger partial charge in [-0.25, -0.2) is 0 Å². The average molecular weight is 241 g/mol. The number of esters is 1. The number of thiophene rings is 1. The van der Waals surface area contributed by atoms with Crippen molar-refractivity contribution in [2.45, 2.75) is 38.8 Å². The number of carbonyl (C=O) groups excluding carboxylic acids is 1. The van der Waals surface area contributed by atoms with Crippen molar-refractivity contribution < 1.29 is 9.53 Å². The summed E-state index contributed by atoms with van der Waals surface area (Å²) in [5, 5.41) is 5.32. The van der Waals surface area contributed by atoms with E-state index in [1.807, 2.05) is 18.4 Å². The number of ether oxygens (including phenoxy) is 1. The number of rotatable bonds is 6. The topological polar surface area (TPSA) is 38.3 Å². The largest absolute Gasteiger partial charge is 0.468 e. The highest BCUT2D eigenvalue weighted by molar-refractivity contribution is 7.09. The molecule has 90 valence electrons. The zero-order chi connectivity index (χ0) is 12.0. The van der Waals surface area contributed by atoms with Gasteiger partial charge >= 0.3 is 5.97 Å². The Labute approximate surface area is 101 Å². The molecule has 0 aromatic carbocycles. The SMILES string of the molecule is CCCC(C)(NCc1cccs1)C(=O)OC. The fourth-order valence-electron chi connectivity index (χ4n) is 1.68. The molecule has 4 heteroatoms. The predicted octanol–water partition coefficient (Wildman–Crippen LogP) is 2.57. The summed E-state index contributed by atoms with van der Waals surface area (Å²) in [4.78, 5) is 12.9. The third-order valence-corrected chi connectivity index (χ3v) is 3.50. The summed E-state index contributed by atoms with van der Waals surface area (Å²) in [6, 6.07) is 4.07. The van der Waals surface area contributed by atoms with Crippen molar-refractivity contribution in [1.29, 1.82) is 0 Å². The van der Waals surface area contributed by atoms with Crippen molar-refractivity contribution in [3.63, 3.8) is 0 Å². The lowest BCUT2D eigenvalue weighted by Gasteiger charge is -2.27. The molecule has 0 spiro atoms. The zero-order valence-electron chi connectivity index (χ0n) is 10.1. The summed E-state index contributed by atoms with van der Waals surface area (Å²) < 4.78 is 4.84. The minimum absolute atomic E-state index is 0.189. The highest BCUT2D eigenvalue weighted by Gasteiger charge is 2.32. The second kappa shape index (κ2) is 6.01. The Morgan fingerprint density at radius 2 is 2.38 bits per heavy atom. The Bertz CT molecular complexity index is 324. The minimum atomic E-state index is -0.576. The Morgan fingerprint density at radius 1 is 1.62 bits per heavy atom. The normalized spacial score (nSPS) is 14.4. The van der Waals surface area contributed by atoms with E-state index in [-0.39, 0.29) is 5.97 Å². The van der Waals surface area contributed by atoms with Crippen molar-refractivity contribution in [3.8, 4) is 0 Å². The smallest absolute Gasteiger partial charge is 0.325 e. The van der Waals surface area contributed by atoms with Gasteiger partial charge in [0.2, 0.25) is 0 Å². The lowest BCUT2D eigenvalue weighted by molar-refractivity contribution is -0.148. The van der Waals surface area contributed by atoms with Gasteiger partial charge in [-0.05, 0) is 24.8 Å². The highest BCUT2D eigenvalue weighted by atomic mass is 32.1. The van der Waals surface area contributed by atoms with E-state index >= 15 is 0 Å². The van der Waals surface area contributed by atoms with Gasteiger partial charge in [-0.15, -0.1) is 11.3 Å². The van der Waals surface area contributed by atoms with Crippen LogP contribution in [0.25, 0.3) is 0 Å². The second-order valence-electron chi connectivity index (χ2n) is 4.01. The van der Waals surface area contributed by atoms with Crippen molar-refractivity contribution in [3.05, 3.63) is 22.4 Å². The van der Waals surface area contributed by atoms with Gasteiger partial charge in [0.1, 0.15) is 5.54 Å². The van der Waals surface area contributed by atoms with Gasteiger partial charge in [0.15, 0.2) is 0 Å². The van der Waals surface area contributed by atoms with Crippen LogP contribution in [0.5, 0.6) is 0 Å². The van der Waals surface area contributed by atoms with E-state index in [9.17, 15) is 4.79 Å². The van der Waals surface area contributed by atoms with Crippen LogP contribution < -0.4 is 5.32 Å². The van der Waals surface area contributed by atoms with Crippen molar-refractivity contribution in [2.24, 2.45) is 0 Å². The summed E-state index contributed by atoms with van der Waals surface area (Å²) in [5.74, 6) is -0.189. The lowest BCUT2D eigenvalue weighted by Crippen LogP contribution is -2.49. The maximum Gasteiger partial charge on any atom is 0.325 e. The van der Waals surface area contributed by atoms with Crippen LogP contribution in [0.1, 0.15) is 31.6 Å². The number of methoxy groups -OCH3 is 1. The fraction of sp³-hybridized carbons (Fsp3) is 0.583. The number of nitrogens with one attached hydrogen (secondary N) is 1. The average Bonchev–Trinajstić information content (AvgIpc) is 2.78. The summed E-state index contributed by atoms with van der Waals surface area (Å²) in [6.45, 7) is 4.67. The van der Waals surface area contributed by atoms with Crippen LogP contribution in [0, 0.1) is 0 Å². The predicted molar refractivity (Wildman–Crippen MR) is 66.5 cm³/mol. The molecular formula is C12H19NO2S. The number of carbonyl (C=O) groups is 1. The van der Waals surface area contributed by atoms with Gasteiger partial charge in [0.25, 0.3) is 0 Å². The molecule has 16 heavy (non-hydrogen) atoms. The van der Waals surface area contributed by atoms with E-state index in [2.05, 4.69) is 18.3 Å². The second-order valence-corrected chi connectivity index (χ2v) is 5.04. The van der Waals surface area contributed by atoms with Crippen LogP contribution in [0.4, 0.5) is 0 Å². The molecule has 1 aromatic rings. The van der Waals surface area contributed by atoms with Crippen molar-refractivity contribution >= 4 is 17.3 Å². The van der Waals surface area contributed by atoms with E-state index in [1.165, 1.54) is 12.0 Å². The molecule has 0 bridgehead atoms. The molecule has 0 amide bonds. The Hall–Kier alpha value is -0.870. The first-order valence-corrected chi connectivity index (χ1v) is 6.36. The quantitative estimate of drug-likeness (QED) is 0.778. The molecule has 3 nitrogen and oxygen atoms in total. The van der Waals surface area contributed by atoms with Crippen LogP contribution in [-0.2, 0) is 16.1 Å². The Balaban J connectivity index is 2.60. The summed E-state index contributed by atoms with van der Waals surface area (Å²) in [7, 11) is 1.43. The Morgan fingerprint density at radius 3 is 2.88 bits per heavy atom. The monoisotopic (exact) mass is 241 g/mol. The molecule has 0 fully saturated rings. The zero-order valence-corrected chi connectivity index (χ0v) is 10.9. The Kier molecular flexibility index (Phi) is 4.96. The molecule has 0 aliphatic heterocycles. The van der Waals surface area contributed by atoms with E-state index in [0.29, 0.717) is 6.54 Å². The molecular weight excluding hydrogens is 222 g/mol. The molecule has 1 unspecified atom stereocenters. The molecule has 0 saturated heterocycles. The summed E-state index contributed by atoms with van der Waals surface area (Å²) in [6.07, 6.45) is 1.73. The molecule has 1 atom stereocenters. The van der Waals surface area contributed by atoms with E-state index in [4.69, 9.17) is 4.74 Å². The number of hydrogen-bond donors (Lipinski definition) is 1. The van der Waals surface area contributed by atoms with Crippen LogP contribution in [0.3, 0.4) is 0 Å². The summed E-state index contributed by atoms with van der Waals surface area (Å²) in [5.41, 5.74) is -0.576. The minimum Gasteiger partial charge on any atom is -0.468 e. The van der Waals surface area contributed by atoms with Gasteiger partial charge < -0.3 is 4.74 Å². The highest BCUT2D eigenvalue weighted by Crippen LogP contribution is 2.16. The molecule has 1 N–H and O–H groups in total. The standard InChI is InChI=1S/C12H19NO2S/c1-4-7-12(2,11(14)15-3)13-9-10-6-5-8-16-10/h5-6,8,13H,4,7,9H2,1-3H3. The molecule has 0 aliphatic rings. The first-order chi connectivity index (χ1) is 7.62. The van der Waals surface area contributed by atoms with Crippen LogP contribution in [0.2, 0.25) is 0 Å². The van der Waals surface area contributed by atoms with Crippen LogP contribution in [0.15, 0.2) is 17.5 Å². The molecule has 1 rings (SSSR count). The van der Waals surface area contributed by atoms with Crippen molar-refractivity contribution in [1.82, 2.24) is 5.32 Å². The van der Waals surface area contributed by atoms with Crippen LogP contribution >= 0.6 is 11.3 Å². The molecule has 0 aliphatic carbocycles. The third-order valence-electron chi connectivity index (χ3n) is 2.62. The van der Waals surface area contributed by atoms with Gasteiger partial charge in [0.05, 0.1) is 7.11 Å². The van der Waals surface area contributed by atoms with E-state index in [1.54, 1.807) is 11.3 Å². The summed E-state index contributed by atoms with van der Waals surface area (Å²) >= 11 is 1.69. The fourth-order valence-corrected chi connectivity index (χ4v) is 2.33. The van der Waals surface area contributed by atoms with Gasteiger partial charge in [-0.2, -0.15) is 0 Å². The first kappa shape index (κ1) is 13.2. The number of hydrogen-bond acceptors (Lipinski definition) is 4. The lowest BCUT2D eigenvalue weighted by atomic mass is 9.96. The van der Waals surface area contributed by atoms with E-state index < -0.39 is 5.54 Å².